The lowest BCUT2D eigenvalue weighted by molar-refractivity contribution is 0.778. The summed E-state index contributed by atoms with van der Waals surface area (Å²) in [4.78, 5) is 0. The first-order valence-corrected chi connectivity index (χ1v) is 6.12. The molecule has 0 aromatic heterocycles. The Morgan fingerprint density at radius 2 is 2.23 bits per heavy atom. The smallest absolute Gasteiger partial charge is 0.0190 e. The van der Waals surface area contributed by atoms with E-state index in [2.05, 4.69) is 25.1 Å². The maximum Gasteiger partial charge on any atom is 0.0190 e. The van der Waals surface area contributed by atoms with Gasteiger partial charge in [-0.3, -0.25) is 0 Å². The molecule has 0 spiro atoms. The molecule has 1 heteroatoms. The van der Waals surface area contributed by atoms with Gasteiger partial charge in [0, 0.05) is 5.75 Å². The summed E-state index contributed by atoms with van der Waals surface area (Å²) in [5, 5.41) is 0. The molecule has 1 rings (SSSR count). The molecular formula is C12H17S. The van der Waals surface area contributed by atoms with Crippen molar-refractivity contribution in [2.24, 2.45) is 0 Å². The van der Waals surface area contributed by atoms with Gasteiger partial charge in [-0.15, -0.1) is 0 Å². The fraction of sp³-hybridized carbons (Fsp3) is 0.500. The molecule has 1 radical (unpaired) electrons. The van der Waals surface area contributed by atoms with E-state index < -0.39 is 0 Å². The highest BCUT2D eigenvalue weighted by molar-refractivity contribution is 7.98. The summed E-state index contributed by atoms with van der Waals surface area (Å²) in [6.45, 7) is 2.25. The number of hydrogen-bond donors (Lipinski definition) is 0. The second kappa shape index (κ2) is 7.02. The number of unbranched alkanes of at least 4 members (excludes halogenated alkanes) is 2. The van der Waals surface area contributed by atoms with E-state index in [0.717, 1.165) is 5.75 Å². The molecular weight excluding hydrogens is 176 g/mol. The van der Waals surface area contributed by atoms with Crippen LogP contribution in [0.15, 0.2) is 24.3 Å². The van der Waals surface area contributed by atoms with E-state index in [-0.39, 0.29) is 0 Å². The van der Waals surface area contributed by atoms with Crippen molar-refractivity contribution in [3.8, 4) is 0 Å². The highest BCUT2D eigenvalue weighted by Crippen LogP contribution is 2.13. The van der Waals surface area contributed by atoms with Crippen molar-refractivity contribution in [3.63, 3.8) is 0 Å². The van der Waals surface area contributed by atoms with Crippen molar-refractivity contribution in [2.75, 3.05) is 5.75 Å². The average Bonchev–Trinajstić information content (AvgIpc) is 2.19. The van der Waals surface area contributed by atoms with Crippen LogP contribution in [0.1, 0.15) is 31.7 Å². The van der Waals surface area contributed by atoms with E-state index in [1.54, 1.807) is 0 Å². The highest BCUT2D eigenvalue weighted by atomic mass is 32.2. The van der Waals surface area contributed by atoms with Crippen LogP contribution in [-0.2, 0) is 5.75 Å². The minimum atomic E-state index is 1.12. The third-order valence-electron chi connectivity index (χ3n) is 1.92. The van der Waals surface area contributed by atoms with Crippen LogP contribution in [0.25, 0.3) is 0 Å². The summed E-state index contributed by atoms with van der Waals surface area (Å²) in [6.07, 6.45) is 4.04. The number of thioether (sulfide) groups is 1. The van der Waals surface area contributed by atoms with E-state index >= 15 is 0 Å². The maximum absolute atomic E-state index is 3.24. The molecule has 0 N–H and O–H groups in total. The van der Waals surface area contributed by atoms with Gasteiger partial charge in [0.25, 0.3) is 0 Å². The Morgan fingerprint density at radius 1 is 1.31 bits per heavy atom. The van der Waals surface area contributed by atoms with E-state index in [0.29, 0.717) is 0 Å². The third-order valence-corrected chi connectivity index (χ3v) is 3.02. The predicted octanol–water partition coefficient (Wildman–Crippen LogP) is 3.91. The van der Waals surface area contributed by atoms with Crippen LogP contribution >= 0.6 is 11.8 Å². The highest BCUT2D eigenvalue weighted by Gasteiger charge is 1.92. The van der Waals surface area contributed by atoms with Gasteiger partial charge in [0.1, 0.15) is 0 Å². The minimum Gasteiger partial charge on any atom is -0.157 e. The molecule has 0 saturated carbocycles. The predicted molar refractivity (Wildman–Crippen MR) is 61.0 cm³/mol. The van der Waals surface area contributed by atoms with Crippen molar-refractivity contribution in [1.29, 1.82) is 0 Å². The lowest BCUT2D eigenvalue weighted by atomic mass is 10.2. The SMILES string of the molecule is CCCCCSCc1[c]cccc1. The Hall–Kier alpha value is -0.430. The molecule has 1 aromatic carbocycles. The fourth-order valence-electron chi connectivity index (χ4n) is 1.16. The van der Waals surface area contributed by atoms with Gasteiger partial charge < -0.3 is 0 Å². The molecule has 0 amide bonds. The maximum atomic E-state index is 3.24. The Morgan fingerprint density at radius 3 is 2.92 bits per heavy atom. The molecule has 0 saturated heterocycles. The first-order valence-electron chi connectivity index (χ1n) is 4.97. The molecule has 0 aliphatic carbocycles. The van der Waals surface area contributed by atoms with Crippen molar-refractivity contribution in [1.82, 2.24) is 0 Å². The molecule has 1 aromatic rings. The van der Waals surface area contributed by atoms with Gasteiger partial charge in [-0.05, 0) is 23.8 Å². The van der Waals surface area contributed by atoms with E-state index in [1.165, 1.54) is 30.6 Å². The van der Waals surface area contributed by atoms with Crippen LogP contribution < -0.4 is 0 Å². The largest absolute Gasteiger partial charge is 0.157 e. The lowest BCUT2D eigenvalue weighted by Gasteiger charge is -2.00. The molecule has 0 bridgehead atoms. The van der Waals surface area contributed by atoms with Crippen LogP contribution in [0, 0.1) is 6.07 Å². The summed E-state index contributed by atoms with van der Waals surface area (Å²) in [5.74, 6) is 2.40. The van der Waals surface area contributed by atoms with Crippen molar-refractivity contribution in [2.45, 2.75) is 31.9 Å². The van der Waals surface area contributed by atoms with Crippen molar-refractivity contribution < 1.29 is 0 Å². The van der Waals surface area contributed by atoms with Crippen LogP contribution in [0.5, 0.6) is 0 Å². The standard InChI is InChI=1S/C12H17S/c1-2-3-7-10-13-11-12-8-5-4-6-9-12/h4-6,8H,2-3,7,10-11H2,1H3. The zero-order valence-corrected chi connectivity index (χ0v) is 9.07. The minimum absolute atomic E-state index is 1.12. The molecule has 71 valence electrons. The third kappa shape index (κ3) is 4.99. The van der Waals surface area contributed by atoms with Crippen LogP contribution in [0.3, 0.4) is 0 Å². The van der Waals surface area contributed by atoms with Gasteiger partial charge in [0.15, 0.2) is 0 Å². The Bertz CT molecular complexity index is 206. The Kier molecular flexibility index (Phi) is 5.75. The second-order valence-electron chi connectivity index (χ2n) is 3.15. The molecule has 0 aliphatic rings. The zero-order chi connectivity index (χ0) is 9.36. The topological polar surface area (TPSA) is 0 Å². The summed E-state index contributed by atoms with van der Waals surface area (Å²) in [6, 6.07) is 11.5. The van der Waals surface area contributed by atoms with Gasteiger partial charge in [-0.25, -0.2) is 0 Å². The second-order valence-corrected chi connectivity index (χ2v) is 4.25. The van der Waals surface area contributed by atoms with E-state index in [9.17, 15) is 0 Å². The van der Waals surface area contributed by atoms with Crippen molar-refractivity contribution >= 4 is 11.8 Å². The summed E-state index contributed by atoms with van der Waals surface area (Å²) in [5.41, 5.74) is 1.32. The molecule has 0 fully saturated rings. The van der Waals surface area contributed by atoms with E-state index in [4.69, 9.17) is 0 Å². The first kappa shape index (κ1) is 10.6. The van der Waals surface area contributed by atoms with Crippen LogP contribution in [0.4, 0.5) is 0 Å². The Labute approximate surface area is 85.7 Å². The van der Waals surface area contributed by atoms with Gasteiger partial charge in [-0.1, -0.05) is 44.0 Å². The number of rotatable bonds is 6. The first-order chi connectivity index (χ1) is 6.43. The lowest BCUT2D eigenvalue weighted by Crippen LogP contribution is -1.83. The summed E-state index contributed by atoms with van der Waals surface area (Å²) < 4.78 is 0. The monoisotopic (exact) mass is 193 g/mol. The molecule has 0 aliphatic heterocycles. The Balaban J connectivity index is 2.07. The molecule has 13 heavy (non-hydrogen) atoms. The molecule has 0 unspecified atom stereocenters. The average molecular weight is 193 g/mol. The van der Waals surface area contributed by atoms with Gasteiger partial charge in [-0.2, -0.15) is 11.8 Å². The van der Waals surface area contributed by atoms with Gasteiger partial charge >= 0.3 is 0 Å². The summed E-state index contributed by atoms with van der Waals surface area (Å²) >= 11 is 2.02. The molecule has 0 nitrogen and oxygen atoms in total. The quantitative estimate of drug-likeness (QED) is 0.617. The van der Waals surface area contributed by atoms with E-state index in [1.807, 2.05) is 23.9 Å². The van der Waals surface area contributed by atoms with Crippen LogP contribution in [0.2, 0.25) is 0 Å². The number of hydrogen-bond acceptors (Lipinski definition) is 1. The van der Waals surface area contributed by atoms with Gasteiger partial charge in [0.2, 0.25) is 0 Å². The molecule has 0 heterocycles. The summed E-state index contributed by atoms with van der Waals surface area (Å²) in [7, 11) is 0. The number of benzene rings is 1. The normalized spacial score (nSPS) is 10.2. The van der Waals surface area contributed by atoms with Crippen molar-refractivity contribution in [3.05, 3.63) is 35.9 Å². The fourth-order valence-corrected chi connectivity index (χ4v) is 2.11. The van der Waals surface area contributed by atoms with Gasteiger partial charge in [0.05, 0.1) is 0 Å². The molecule has 0 atom stereocenters. The zero-order valence-electron chi connectivity index (χ0n) is 8.25. The van der Waals surface area contributed by atoms with Crippen LogP contribution in [-0.4, -0.2) is 5.75 Å².